The summed E-state index contributed by atoms with van der Waals surface area (Å²) in [5.74, 6) is -3.86. The van der Waals surface area contributed by atoms with Gasteiger partial charge in [0.15, 0.2) is 62.9 Å². The van der Waals surface area contributed by atoms with Crippen molar-refractivity contribution in [3.63, 3.8) is 0 Å². The summed E-state index contributed by atoms with van der Waals surface area (Å²) < 4.78 is 112. The van der Waals surface area contributed by atoms with Gasteiger partial charge in [0.1, 0.15) is 244 Å². The Morgan fingerprint density at radius 3 is 0.740 bits per heavy atom. The summed E-state index contributed by atoms with van der Waals surface area (Å²) in [6, 6.07) is -7.75. The third-order valence-corrected chi connectivity index (χ3v) is 22.4. The van der Waals surface area contributed by atoms with E-state index in [1.165, 1.54) is 0 Å². The van der Waals surface area contributed by atoms with Crippen LogP contribution in [0, 0.1) is 0 Å². The second-order valence-electron chi connectivity index (χ2n) is 31.0. The Bertz CT molecular complexity index is 3300. The highest BCUT2D eigenvalue weighted by Gasteiger charge is 2.62. The molecule has 0 unspecified atom stereocenters. The van der Waals surface area contributed by atoms with Crippen molar-refractivity contribution in [3.8, 4) is 0 Å². The maximum atomic E-state index is 13.3. The number of carbonyl (C=O) groups excluding carboxylic acids is 4. The predicted octanol–water partition coefficient (Wildman–Crippen LogP) is -22.2. The molecule has 0 aliphatic carbocycles. The Kier molecular flexibility index (Phi) is 36.4. The molecule has 10 aliphatic rings. The molecule has 10 aliphatic heterocycles. The van der Waals surface area contributed by atoms with Gasteiger partial charge in [0.05, 0.1) is 66.1 Å². The molecular formula is C68H114N4O51. The SMILES string of the molecule is CC(=O)N[C@H]1[C@H](OC[C@H]2O[C@@H](O[C@H]3[C@H](O)[C@@H](NC(C)=O)[C@H](OC[C@H]4O[C@@H](O[C@H]5[C@H](O)[C@@H](O)[C@@H](O)O[C@@H]5CO)[C@H](O)[C@@H](O[C@@H]5O[C@H](CO)[C@@H](O)[C@H](O[C@@H]6O[C@H](CO)[C@H](O)[C@H](O)[C@H]6O)[C@H]5NC(C)=O)[C@H]4O)O[C@@H]3CO)[C@H](O)[C@@H](O[C@@H]3O[C@H](CO)[C@@H](O)[C@H](O[C@@H]4O[C@H](CO)[C@H](O)[C@H](O)[C@H]4O)[C@H]3NC(C)=O)[C@H]2O)O[C@H](CO)[C@@H](O[C@@H]2O[C@H](CO)[C@H](O)[C@H](O)[C@H]2O)[C@@H]1O. The van der Waals surface area contributed by atoms with Gasteiger partial charge in [-0.15, -0.1) is 0 Å². The number of nitrogens with one attached hydrogen (secondary N) is 4. The average Bonchev–Trinajstić information content (AvgIpc) is 0.775. The molecule has 0 aromatic heterocycles. The normalized spacial score (nSPS) is 49.4. The Labute approximate surface area is 695 Å². The maximum Gasteiger partial charge on any atom is 0.217 e. The zero-order valence-corrected chi connectivity index (χ0v) is 65.9. The number of rotatable bonds is 32. The standard InChI is InChI=1S/C68H114N4O51/c1-15(81)69-29-40(92)52(117-64-47(99)42(94)33(85)19(5-73)110-64)25(11-79)113-60(29)105-13-27-38(90)57(122-62-31(71-17(3)83)55(36(88)22(8-76)108-62)120-65-48(100)43(95)34(86)20(6-74)111-65)50(102)67(115-27)118-53-26(12-80)114-61(30(41(53)93)70-16(2)82)106-14-28-39(91)58(51(103)68(116-28)119-54-24(10-78)107-59(104)46(98)45(54)97)123-63-32(72-18(4)84)56(37(89)23(9-77)109-63)121-66-49(101)44(96)35(87)21(7-75)112-66/h19-68,73-80,85-104H,5-14H2,1-4H3,(H,69,81)(H,70,82)(H,71,83)(H,72,84)/t19-,20-,21-,22-,23-,24-,25-,26-,27-,28-,29-,30-,31-,32-,33+,34+,35+,36-,37-,38+,39+,40-,41-,42+,43+,44+,45-,46-,47-,48-,49-,50-,51-,52-,53-,54-,55-,56-,57+,58+,59+,60-,61-,62+,63+,64+,65+,66+,67+,68+/m1/s1. The Hall–Kier alpha value is -4.00. The van der Waals surface area contributed by atoms with E-state index in [0.717, 1.165) is 27.7 Å². The number of ether oxygens (including phenoxy) is 19. The summed E-state index contributed by atoms with van der Waals surface area (Å²) >= 11 is 0. The van der Waals surface area contributed by atoms with E-state index >= 15 is 0 Å². The van der Waals surface area contributed by atoms with Crippen molar-refractivity contribution in [3.05, 3.63) is 0 Å². The second-order valence-corrected chi connectivity index (χ2v) is 31.0. The van der Waals surface area contributed by atoms with E-state index in [1.807, 2.05) is 0 Å². The van der Waals surface area contributed by atoms with Crippen LogP contribution in [0.5, 0.6) is 0 Å². The molecule has 10 saturated heterocycles. The van der Waals surface area contributed by atoms with Crippen LogP contribution in [0.2, 0.25) is 0 Å². The monoisotopic (exact) mass is 1800 g/mol. The summed E-state index contributed by atoms with van der Waals surface area (Å²) in [4.78, 5) is 52.4. The summed E-state index contributed by atoms with van der Waals surface area (Å²) in [6.07, 6.45) is -96.0. The van der Waals surface area contributed by atoms with Crippen LogP contribution in [-0.4, -0.2) is 539 Å². The molecule has 0 saturated carbocycles. The first kappa shape index (κ1) is 101. The first-order valence-corrected chi connectivity index (χ1v) is 39.1. The summed E-state index contributed by atoms with van der Waals surface area (Å²) in [7, 11) is 0. The van der Waals surface area contributed by atoms with Crippen LogP contribution in [0.15, 0.2) is 0 Å². The molecule has 55 nitrogen and oxygen atoms in total. The van der Waals surface area contributed by atoms with Crippen molar-refractivity contribution in [2.24, 2.45) is 0 Å². The molecule has 10 fully saturated rings. The topological polar surface area (TPSA) is 858 Å². The second kappa shape index (κ2) is 44.3. The van der Waals surface area contributed by atoms with Crippen LogP contribution in [-0.2, 0) is 109 Å². The first-order chi connectivity index (χ1) is 58.2. The van der Waals surface area contributed by atoms with Crippen molar-refractivity contribution in [1.29, 1.82) is 0 Å². The summed E-state index contributed by atoms with van der Waals surface area (Å²) in [5.41, 5.74) is 0. The predicted molar refractivity (Wildman–Crippen MR) is 376 cm³/mol. The molecule has 10 rings (SSSR count). The van der Waals surface area contributed by atoms with Gasteiger partial charge in [-0.3, -0.25) is 19.2 Å². The fraction of sp³-hybridized carbons (Fsp3) is 0.941. The van der Waals surface area contributed by atoms with Crippen molar-refractivity contribution in [1.82, 2.24) is 21.3 Å². The van der Waals surface area contributed by atoms with Crippen LogP contribution < -0.4 is 21.3 Å². The lowest BCUT2D eigenvalue weighted by atomic mass is 9.93. The molecule has 712 valence electrons. The average molecular weight is 1800 g/mol. The number of aliphatic hydroxyl groups is 28. The Morgan fingerprint density at radius 2 is 0.439 bits per heavy atom. The van der Waals surface area contributed by atoms with Crippen molar-refractivity contribution in [2.45, 2.75) is 335 Å². The molecule has 0 spiro atoms. The minimum atomic E-state index is -2.54. The van der Waals surface area contributed by atoms with Gasteiger partial charge in [0.25, 0.3) is 0 Å². The maximum absolute atomic E-state index is 13.3. The van der Waals surface area contributed by atoms with E-state index in [0.29, 0.717) is 0 Å². The molecule has 4 amide bonds. The van der Waals surface area contributed by atoms with E-state index in [2.05, 4.69) is 21.3 Å². The van der Waals surface area contributed by atoms with Gasteiger partial charge < -0.3 is 254 Å². The molecule has 10 heterocycles. The van der Waals surface area contributed by atoms with Gasteiger partial charge in [-0.25, -0.2) is 0 Å². The van der Waals surface area contributed by atoms with Crippen LogP contribution in [0.4, 0.5) is 0 Å². The fourth-order valence-corrected chi connectivity index (χ4v) is 15.9. The van der Waals surface area contributed by atoms with E-state index in [-0.39, 0.29) is 0 Å². The lowest BCUT2D eigenvalue weighted by Gasteiger charge is -2.51. The van der Waals surface area contributed by atoms with Gasteiger partial charge >= 0.3 is 0 Å². The van der Waals surface area contributed by atoms with Crippen LogP contribution in [0.3, 0.4) is 0 Å². The van der Waals surface area contributed by atoms with E-state index in [1.54, 1.807) is 0 Å². The van der Waals surface area contributed by atoms with E-state index in [9.17, 15) is 162 Å². The molecule has 32 N–H and O–H groups in total. The highest BCUT2D eigenvalue weighted by atomic mass is 16.8. The van der Waals surface area contributed by atoms with E-state index < -0.39 is 397 Å². The molecule has 55 heteroatoms. The molecule has 50 atom stereocenters. The number of amides is 4. The smallest absolute Gasteiger partial charge is 0.217 e. The molecule has 0 radical (unpaired) electrons. The molecular weight excluding hydrogens is 1690 g/mol. The highest BCUT2D eigenvalue weighted by molar-refractivity contribution is 5.74. The number of carbonyl (C=O) groups is 4. The van der Waals surface area contributed by atoms with Gasteiger partial charge in [-0.2, -0.15) is 0 Å². The zero-order valence-electron chi connectivity index (χ0n) is 65.9. The van der Waals surface area contributed by atoms with Gasteiger partial charge in [0, 0.05) is 27.7 Å². The minimum absolute atomic E-state index is 0.905. The molecule has 123 heavy (non-hydrogen) atoms. The minimum Gasteiger partial charge on any atom is -0.394 e. The van der Waals surface area contributed by atoms with Crippen molar-refractivity contribution < 1.29 is 252 Å². The number of hydrogen-bond donors (Lipinski definition) is 32. The number of aliphatic hydroxyl groups excluding tert-OH is 28. The van der Waals surface area contributed by atoms with Crippen molar-refractivity contribution >= 4 is 23.6 Å². The Morgan fingerprint density at radius 1 is 0.211 bits per heavy atom. The lowest BCUT2D eigenvalue weighted by Crippen LogP contribution is -2.71. The van der Waals surface area contributed by atoms with Gasteiger partial charge in [-0.1, -0.05) is 0 Å². The largest absolute Gasteiger partial charge is 0.394 e. The lowest BCUT2D eigenvalue weighted by molar-refractivity contribution is -0.386. The quantitative estimate of drug-likeness (QED) is 0.0297. The van der Waals surface area contributed by atoms with Gasteiger partial charge in [0.2, 0.25) is 23.6 Å². The van der Waals surface area contributed by atoms with Crippen LogP contribution in [0.1, 0.15) is 27.7 Å². The van der Waals surface area contributed by atoms with Crippen LogP contribution in [0.25, 0.3) is 0 Å². The van der Waals surface area contributed by atoms with Crippen molar-refractivity contribution in [2.75, 3.05) is 66.1 Å². The molecule has 0 aromatic rings. The van der Waals surface area contributed by atoms with Gasteiger partial charge in [-0.05, 0) is 0 Å². The summed E-state index contributed by atoms with van der Waals surface area (Å²) in [6.45, 7) is -7.22. The first-order valence-electron chi connectivity index (χ1n) is 39.1. The molecule has 0 bridgehead atoms. The highest BCUT2D eigenvalue weighted by Crippen LogP contribution is 2.40. The fourth-order valence-electron chi connectivity index (χ4n) is 15.9. The summed E-state index contributed by atoms with van der Waals surface area (Å²) in [5, 5.41) is 319. The van der Waals surface area contributed by atoms with Crippen LogP contribution >= 0.6 is 0 Å². The van der Waals surface area contributed by atoms with E-state index in [4.69, 9.17) is 90.0 Å². The third kappa shape index (κ3) is 22.4. The molecule has 0 aromatic carbocycles. The Balaban J connectivity index is 0.958. The third-order valence-electron chi connectivity index (χ3n) is 22.4. The zero-order chi connectivity index (χ0) is 90.5. The number of hydrogen-bond acceptors (Lipinski definition) is 51.